The zero-order valence-corrected chi connectivity index (χ0v) is 18.6. The van der Waals surface area contributed by atoms with E-state index in [9.17, 15) is 23.5 Å². The van der Waals surface area contributed by atoms with Gasteiger partial charge in [0.05, 0.1) is 19.5 Å². The molecule has 184 valence electrons. The SMILES string of the molecule is Nc1nc(N)c2ncn([C@@H]3O[C@@]4(COP(=O)(O)OP(=O)(O)OP(=O)(O)O)CO[C@@H]3[C@@H]4F)c2n1. The highest BCUT2D eigenvalue weighted by molar-refractivity contribution is 7.66. The van der Waals surface area contributed by atoms with Crippen molar-refractivity contribution in [3.05, 3.63) is 6.33 Å². The first-order valence-electron chi connectivity index (χ1n) is 8.59. The maximum Gasteiger partial charge on any atom is 0.490 e. The molecule has 4 rings (SSSR count). The Morgan fingerprint density at radius 2 is 1.88 bits per heavy atom. The lowest BCUT2D eigenvalue weighted by atomic mass is 10.0. The van der Waals surface area contributed by atoms with Crippen molar-refractivity contribution in [2.24, 2.45) is 0 Å². The molecule has 2 aromatic rings. The molecule has 0 aromatic carbocycles. The summed E-state index contributed by atoms with van der Waals surface area (Å²) in [4.78, 5) is 47.7. The third-order valence-electron chi connectivity index (χ3n) is 4.58. The van der Waals surface area contributed by atoms with Crippen LogP contribution in [0.25, 0.3) is 11.2 Å². The molecule has 0 saturated carbocycles. The van der Waals surface area contributed by atoms with Crippen molar-refractivity contribution >= 4 is 46.4 Å². The predicted octanol–water partition coefficient (Wildman–Crippen LogP) is -0.662. The molecule has 2 aliphatic heterocycles. The molecule has 33 heavy (non-hydrogen) atoms. The number of imidazole rings is 1. The van der Waals surface area contributed by atoms with Crippen molar-refractivity contribution in [1.29, 1.82) is 0 Å². The van der Waals surface area contributed by atoms with Gasteiger partial charge < -0.3 is 40.5 Å². The number of nitrogens with zero attached hydrogens (tertiary/aromatic N) is 4. The molecule has 8 N–H and O–H groups in total. The smallest absolute Gasteiger partial charge is 0.382 e. The number of fused-ring (bicyclic) bond motifs is 3. The van der Waals surface area contributed by atoms with Crippen LogP contribution in [-0.2, 0) is 36.3 Å². The van der Waals surface area contributed by atoms with Gasteiger partial charge in [0.1, 0.15) is 11.6 Å². The van der Waals surface area contributed by atoms with E-state index in [1.54, 1.807) is 0 Å². The summed E-state index contributed by atoms with van der Waals surface area (Å²) in [6.07, 6.45) is -3.16. The van der Waals surface area contributed by atoms with E-state index in [0.717, 1.165) is 0 Å². The van der Waals surface area contributed by atoms with E-state index in [1.807, 2.05) is 0 Å². The van der Waals surface area contributed by atoms with Gasteiger partial charge >= 0.3 is 23.5 Å². The molecule has 0 amide bonds. The largest absolute Gasteiger partial charge is 0.490 e. The zero-order chi connectivity index (χ0) is 24.4. The van der Waals surface area contributed by atoms with Gasteiger partial charge in [-0.25, -0.2) is 23.1 Å². The molecule has 18 nitrogen and oxygen atoms in total. The Balaban J connectivity index is 1.52. The summed E-state index contributed by atoms with van der Waals surface area (Å²) in [7, 11) is -16.8. The summed E-state index contributed by atoms with van der Waals surface area (Å²) >= 11 is 0. The number of nitrogens with two attached hydrogens (primary N) is 2. The molecular formula is C11H16FN6O12P3. The van der Waals surface area contributed by atoms with Crippen molar-refractivity contribution < 1.29 is 60.3 Å². The number of rotatable bonds is 8. The summed E-state index contributed by atoms with van der Waals surface area (Å²) in [6, 6.07) is 0. The number of phosphoric ester groups is 1. The first-order valence-corrected chi connectivity index (χ1v) is 13.1. The van der Waals surface area contributed by atoms with E-state index < -0.39 is 60.8 Å². The molecular weight excluding hydrogens is 520 g/mol. The molecule has 0 aliphatic carbocycles. The van der Waals surface area contributed by atoms with Crippen LogP contribution in [0.2, 0.25) is 0 Å². The Morgan fingerprint density at radius 1 is 1.18 bits per heavy atom. The Labute approximate surface area is 182 Å². The summed E-state index contributed by atoms with van der Waals surface area (Å²) in [5.74, 6) is -0.232. The van der Waals surface area contributed by atoms with Gasteiger partial charge in [0.25, 0.3) is 0 Å². The van der Waals surface area contributed by atoms with E-state index in [4.69, 9.17) is 30.7 Å². The monoisotopic (exact) mass is 536 g/mol. The van der Waals surface area contributed by atoms with Crippen molar-refractivity contribution in [1.82, 2.24) is 19.5 Å². The highest BCUT2D eigenvalue weighted by atomic mass is 31.3. The molecule has 2 aliphatic rings. The highest BCUT2D eigenvalue weighted by Gasteiger charge is 2.64. The van der Waals surface area contributed by atoms with Crippen molar-refractivity contribution in [2.75, 3.05) is 24.7 Å². The number of aromatic nitrogens is 4. The molecule has 2 unspecified atom stereocenters. The number of hydrogen-bond donors (Lipinski definition) is 6. The molecule has 4 heterocycles. The van der Waals surface area contributed by atoms with E-state index in [2.05, 4.69) is 28.1 Å². The molecule has 2 aromatic heterocycles. The maximum absolute atomic E-state index is 15.1. The van der Waals surface area contributed by atoms with Crippen LogP contribution >= 0.6 is 23.5 Å². The van der Waals surface area contributed by atoms with Crippen LogP contribution in [0.3, 0.4) is 0 Å². The Bertz CT molecular complexity index is 1240. The summed E-state index contributed by atoms with van der Waals surface area (Å²) in [5.41, 5.74) is 9.58. The molecule has 2 fully saturated rings. The Morgan fingerprint density at radius 3 is 2.55 bits per heavy atom. The Kier molecular flexibility index (Phi) is 5.93. The number of hydrogen-bond acceptors (Lipinski definition) is 13. The van der Waals surface area contributed by atoms with Crippen molar-refractivity contribution in [2.45, 2.75) is 24.1 Å². The van der Waals surface area contributed by atoms with Crippen LogP contribution in [0.1, 0.15) is 6.23 Å². The number of halogens is 1. The van der Waals surface area contributed by atoms with Gasteiger partial charge in [-0.05, 0) is 0 Å². The van der Waals surface area contributed by atoms with Crippen molar-refractivity contribution in [3.8, 4) is 0 Å². The second kappa shape index (κ2) is 7.98. The molecule has 0 radical (unpaired) electrons. The minimum absolute atomic E-state index is 0.0421. The minimum Gasteiger partial charge on any atom is -0.382 e. The molecule has 2 bridgehead atoms. The van der Waals surface area contributed by atoms with E-state index >= 15 is 4.39 Å². The number of alkyl halides is 1. The van der Waals surface area contributed by atoms with Crippen LogP contribution in [0.15, 0.2) is 6.33 Å². The Hall–Kier alpha value is -1.59. The molecule has 6 atom stereocenters. The third-order valence-corrected chi connectivity index (χ3v) is 8.36. The van der Waals surface area contributed by atoms with Gasteiger partial charge in [-0.1, -0.05) is 0 Å². The van der Waals surface area contributed by atoms with Crippen LogP contribution in [0, 0.1) is 0 Å². The van der Waals surface area contributed by atoms with Gasteiger partial charge in [0.2, 0.25) is 5.95 Å². The number of ether oxygens (including phenoxy) is 2. The quantitative estimate of drug-likeness (QED) is 0.228. The minimum atomic E-state index is -5.74. The van der Waals surface area contributed by atoms with E-state index in [0.29, 0.717) is 0 Å². The standard InChI is InChI=1S/C11H16FN6O12P3/c12-6-5-9(18-3-15-4-7(13)16-10(14)17-8(4)18)28-11(6,1-26-5)2-27-32(22,23)30-33(24,25)29-31(19,20)21/h3,5-6,9H,1-2H2,(H,22,23)(H,24,25)(H2,19,20,21)(H4,13,14,16,17)/t5-,6+,9-,11-/m1/s1. The zero-order valence-electron chi connectivity index (χ0n) is 15.9. The lowest BCUT2D eigenvalue weighted by Crippen LogP contribution is -2.43. The molecule has 2 saturated heterocycles. The second-order valence-corrected chi connectivity index (χ2v) is 11.3. The lowest BCUT2D eigenvalue weighted by Gasteiger charge is -2.30. The topological polar surface area (TPSA) is 274 Å². The molecule has 0 spiro atoms. The summed E-state index contributed by atoms with van der Waals surface area (Å²) in [6.45, 7) is -1.48. The maximum atomic E-state index is 15.1. The van der Waals surface area contributed by atoms with Crippen molar-refractivity contribution in [3.63, 3.8) is 0 Å². The fourth-order valence-corrected chi connectivity index (χ4v) is 6.42. The van der Waals surface area contributed by atoms with Gasteiger partial charge in [-0.3, -0.25) is 9.09 Å². The molecule has 22 heteroatoms. The highest BCUT2D eigenvalue weighted by Crippen LogP contribution is 2.66. The summed E-state index contributed by atoms with van der Waals surface area (Å²) in [5, 5.41) is 0. The normalized spacial score (nSPS) is 31.0. The lowest BCUT2D eigenvalue weighted by molar-refractivity contribution is -0.182. The van der Waals surface area contributed by atoms with Gasteiger partial charge in [0, 0.05) is 0 Å². The third kappa shape index (κ3) is 4.81. The average Bonchev–Trinajstić information content (AvgIpc) is 3.27. The van der Waals surface area contributed by atoms with Gasteiger partial charge in [-0.2, -0.15) is 18.6 Å². The van der Waals surface area contributed by atoms with Crippen LogP contribution in [0.4, 0.5) is 16.2 Å². The van der Waals surface area contributed by atoms with Crippen LogP contribution in [0.5, 0.6) is 0 Å². The fourth-order valence-electron chi connectivity index (χ4n) is 3.34. The van der Waals surface area contributed by atoms with Crippen LogP contribution < -0.4 is 11.5 Å². The number of anilines is 2. The predicted molar refractivity (Wildman–Crippen MR) is 101 cm³/mol. The summed E-state index contributed by atoms with van der Waals surface area (Å²) < 4.78 is 73.2. The van der Waals surface area contributed by atoms with E-state index in [-0.39, 0.29) is 22.9 Å². The average molecular weight is 536 g/mol. The van der Waals surface area contributed by atoms with Gasteiger partial charge in [0.15, 0.2) is 29.5 Å². The number of phosphoric acid groups is 3. The van der Waals surface area contributed by atoms with E-state index in [1.165, 1.54) is 10.9 Å². The number of nitrogen functional groups attached to an aromatic ring is 2. The first-order chi connectivity index (χ1) is 15.1. The fraction of sp³-hybridized carbons (Fsp3) is 0.545. The second-order valence-electron chi connectivity index (χ2n) is 6.91. The first kappa shape index (κ1) is 24.5. The van der Waals surface area contributed by atoms with Crippen LogP contribution in [-0.4, -0.2) is 70.2 Å². The van der Waals surface area contributed by atoms with Gasteiger partial charge in [-0.15, -0.1) is 0 Å².